The Morgan fingerprint density at radius 3 is 2.76 bits per heavy atom. The average molecular weight is 463 g/mol. The predicted molar refractivity (Wildman–Crippen MR) is 118 cm³/mol. The fraction of sp³-hybridized carbons (Fsp3) is 0.174. The molecule has 0 aliphatic rings. The van der Waals surface area contributed by atoms with Crippen LogP contribution in [0.25, 0.3) is 16.8 Å². The van der Waals surface area contributed by atoms with Crippen LogP contribution in [0.15, 0.2) is 71.8 Å². The highest BCUT2D eigenvalue weighted by Crippen LogP contribution is 2.29. The first-order valence-corrected chi connectivity index (χ1v) is 10.4. The Kier molecular flexibility index (Phi) is 5.36. The number of anilines is 1. The van der Waals surface area contributed by atoms with E-state index in [1.54, 1.807) is 24.0 Å². The van der Waals surface area contributed by atoms with Crippen LogP contribution in [0, 0.1) is 12.1 Å². The van der Waals surface area contributed by atoms with E-state index in [0.29, 0.717) is 29.1 Å². The average Bonchev–Trinajstić information content (AvgIpc) is 3.48. The summed E-state index contributed by atoms with van der Waals surface area (Å²) in [4.78, 5) is 12.8. The van der Waals surface area contributed by atoms with Crippen LogP contribution >= 0.6 is 0 Å². The number of rotatable bonds is 7. The molecule has 172 valence electrons. The van der Waals surface area contributed by atoms with E-state index in [2.05, 4.69) is 25.4 Å². The molecule has 0 saturated heterocycles. The molecule has 0 aliphatic heterocycles. The van der Waals surface area contributed by atoms with Gasteiger partial charge in [0.2, 0.25) is 0 Å². The molecule has 4 heterocycles. The lowest BCUT2D eigenvalue weighted by Gasteiger charge is -2.16. The van der Waals surface area contributed by atoms with E-state index in [1.807, 2.05) is 24.3 Å². The maximum Gasteiger partial charge on any atom is 0.347 e. The van der Waals surface area contributed by atoms with E-state index < -0.39 is 18.2 Å². The van der Waals surface area contributed by atoms with Crippen LogP contribution < -0.4 is 10.0 Å². The molecule has 34 heavy (non-hydrogen) atoms. The quantitative estimate of drug-likeness (QED) is 0.290. The van der Waals surface area contributed by atoms with Gasteiger partial charge in [0.1, 0.15) is 12.7 Å². The molecule has 5 rings (SSSR count). The molecule has 1 N–H and O–H groups in total. The SMILES string of the molecule is Cc1cc2oc(Cc3ccccc3-n3cncn3)nc2c(NCC(F)(F)c2cccc[n+]2[O-])n1. The molecule has 0 fully saturated rings. The second-order valence-corrected chi connectivity index (χ2v) is 7.68. The minimum atomic E-state index is -3.43. The third-order valence-corrected chi connectivity index (χ3v) is 5.23. The smallest absolute Gasteiger partial charge is 0.347 e. The third kappa shape index (κ3) is 4.15. The predicted octanol–water partition coefficient (Wildman–Crippen LogP) is 3.54. The van der Waals surface area contributed by atoms with Crippen LogP contribution in [-0.2, 0) is 12.3 Å². The van der Waals surface area contributed by atoms with Gasteiger partial charge in [0.15, 0.2) is 29.0 Å². The van der Waals surface area contributed by atoms with Gasteiger partial charge in [-0.15, -0.1) is 0 Å². The van der Waals surface area contributed by atoms with E-state index in [9.17, 15) is 14.0 Å². The van der Waals surface area contributed by atoms with Gasteiger partial charge in [0, 0.05) is 23.9 Å². The van der Waals surface area contributed by atoms with E-state index in [1.165, 1.54) is 18.5 Å². The van der Waals surface area contributed by atoms with Crippen molar-refractivity contribution in [2.45, 2.75) is 19.3 Å². The third-order valence-electron chi connectivity index (χ3n) is 5.23. The molecular weight excluding hydrogens is 444 g/mol. The number of halogens is 2. The van der Waals surface area contributed by atoms with Gasteiger partial charge in [-0.2, -0.15) is 18.6 Å². The summed E-state index contributed by atoms with van der Waals surface area (Å²) in [5, 5.41) is 18.6. The lowest BCUT2D eigenvalue weighted by molar-refractivity contribution is -0.624. The van der Waals surface area contributed by atoms with Gasteiger partial charge in [-0.3, -0.25) is 0 Å². The highest BCUT2D eigenvalue weighted by molar-refractivity contribution is 5.84. The van der Waals surface area contributed by atoms with Crippen LogP contribution in [0.4, 0.5) is 14.6 Å². The van der Waals surface area contributed by atoms with E-state index >= 15 is 0 Å². The first-order valence-electron chi connectivity index (χ1n) is 10.4. The Balaban J connectivity index is 1.44. The number of nitrogens with zero attached hydrogens (tertiary/aromatic N) is 6. The Bertz CT molecular complexity index is 1450. The van der Waals surface area contributed by atoms with E-state index in [0.717, 1.165) is 23.5 Å². The maximum atomic E-state index is 14.7. The number of hydrogen-bond donors (Lipinski definition) is 1. The first-order chi connectivity index (χ1) is 16.4. The molecule has 0 atom stereocenters. The molecule has 0 bridgehead atoms. The van der Waals surface area contributed by atoms with Gasteiger partial charge in [0.25, 0.3) is 5.69 Å². The number of aromatic nitrogens is 6. The monoisotopic (exact) mass is 463 g/mol. The van der Waals surface area contributed by atoms with Crippen molar-refractivity contribution in [2.75, 3.05) is 11.9 Å². The number of nitrogens with one attached hydrogen (secondary N) is 1. The molecule has 0 aliphatic carbocycles. The van der Waals surface area contributed by atoms with Gasteiger partial charge >= 0.3 is 5.92 Å². The second kappa shape index (κ2) is 8.50. The van der Waals surface area contributed by atoms with Gasteiger partial charge in [-0.1, -0.05) is 18.2 Å². The Labute approximate surface area is 192 Å². The number of para-hydroxylation sites is 1. The zero-order chi connectivity index (χ0) is 23.7. The lowest BCUT2D eigenvalue weighted by Crippen LogP contribution is -2.40. The second-order valence-electron chi connectivity index (χ2n) is 7.68. The molecule has 0 unspecified atom stereocenters. The van der Waals surface area contributed by atoms with Crippen LogP contribution in [0.5, 0.6) is 0 Å². The lowest BCUT2D eigenvalue weighted by atomic mass is 10.1. The summed E-state index contributed by atoms with van der Waals surface area (Å²) in [6, 6.07) is 13.2. The molecular formula is C23H19F2N7O2. The summed E-state index contributed by atoms with van der Waals surface area (Å²) in [6.45, 7) is 0.899. The Morgan fingerprint density at radius 2 is 1.97 bits per heavy atom. The standard InChI is InChI=1S/C23H19F2N7O2/c1-15-10-18-21(22(29-15)27-12-23(24,25)19-8-4-5-9-32(19)33)30-20(34-18)11-16-6-2-3-7-17(16)31-14-26-13-28-31/h2-10,13-14H,11-12H2,1H3,(H,27,29). The molecule has 0 saturated carbocycles. The topological polar surface area (TPSA) is 109 Å². The zero-order valence-corrected chi connectivity index (χ0v) is 18.0. The van der Waals surface area contributed by atoms with Gasteiger partial charge in [0.05, 0.1) is 18.7 Å². The first kappa shape index (κ1) is 21.4. The van der Waals surface area contributed by atoms with Crippen molar-refractivity contribution in [3.63, 3.8) is 0 Å². The summed E-state index contributed by atoms with van der Waals surface area (Å²) >= 11 is 0. The van der Waals surface area contributed by atoms with E-state index in [-0.39, 0.29) is 10.5 Å². The highest BCUT2D eigenvalue weighted by Gasteiger charge is 2.39. The summed E-state index contributed by atoms with van der Waals surface area (Å²) < 4.78 is 37.1. The van der Waals surface area contributed by atoms with Crippen molar-refractivity contribution in [3.05, 3.63) is 95.4 Å². The van der Waals surface area contributed by atoms with Crippen molar-refractivity contribution >= 4 is 16.9 Å². The number of alkyl halides is 2. The number of hydrogen-bond acceptors (Lipinski definition) is 7. The summed E-state index contributed by atoms with van der Waals surface area (Å²) in [5.74, 6) is -2.88. The number of oxazole rings is 1. The minimum Gasteiger partial charge on any atom is -0.618 e. The molecule has 1 aromatic carbocycles. The fourth-order valence-electron chi connectivity index (χ4n) is 3.67. The normalized spacial score (nSPS) is 11.7. The van der Waals surface area contributed by atoms with Gasteiger partial charge in [-0.05, 0) is 24.6 Å². The number of benzene rings is 1. The van der Waals surface area contributed by atoms with Crippen molar-refractivity contribution in [3.8, 4) is 5.69 Å². The molecule has 11 heteroatoms. The molecule has 0 amide bonds. The maximum absolute atomic E-state index is 14.7. The zero-order valence-electron chi connectivity index (χ0n) is 18.0. The van der Waals surface area contributed by atoms with Crippen LogP contribution in [0.2, 0.25) is 0 Å². The van der Waals surface area contributed by atoms with E-state index in [4.69, 9.17) is 4.42 Å². The molecule has 0 radical (unpaired) electrons. The number of aryl methyl sites for hydroxylation is 1. The fourth-order valence-corrected chi connectivity index (χ4v) is 3.67. The van der Waals surface area contributed by atoms with Crippen molar-refractivity contribution in [1.29, 1.82) is 0 Å². The van der Waals surface area contributed by atoms with Crippen molar-refractivity contribution in [2.24, 2.45) is 0 Å². The minimum absolute atomic E-state index is 0.154. The molecule has 4 aromatic heterocycles. The summed E-state index contributed by atoms with van der Waals surface area (Å²) in [6.07, 6.45) is 4.42. The molecule has 9 nitrogen and oxygen atoms in total. The van der Waals surface area contributed by atoms with Crippen LogP contribution in [0.3, 0.4) is 0 Å². The van der Waals surface area contributed by atoms with Crippen molar-refractivity contribution in [1.82, 2.24) is 24.7 Å². The Hall–Kier alpha value is -4.41. The number of pyridine rings is 2. The highest BCUT2D eigenvalue weighted by atomic mass is 19.3. The van der Waals surface area contributed by atoms with Crippen LogP contribution in [0.1, 0.15) is 22.8 Å². The summed E-state index contributed by atoms with van der Waals surface area (Å²) in [5.41, 5.74) is 2.39. The van der Waals surface area contributed by atoms with Gasteiger partial charge in [-0.25, -0.2) is 19.6 Å². The summed E-state index contributed by atoms with van der Waals surface area (Å²) in [7, 11) is 0. The van der Waals surface area contributed by atoms with Crippen molar-refractivity contribution < 1.29 is 17.9 Å². The molecule has 5 aromatic rings. The van der Waals surface area contributed by atoms with Gasteiger partial charge < -0.3 is 14.9 Å². The van der Waals surface area contributed by atoms with Crippen LogP contribution in [-0.4, -0.2) is 31.3 Å². The largest absolute Gasteiger partial charge is 0.618 e. The Morgan fingerprint density at radius 1 is 1.15 bits per heavy atom. The molecule has 0 spiro atoms. The number of fused-ring (bicyclic) bond motifs is 1.